The maximum absolute atomic E-state index is 14.1. The first kappa shape index (κ1) is 14.0. The van der Waals surface area contributed by atoms with Crippen molar-refractivity contribution in [2.24, 2.45) is 5.73 Å². The zero-order chi connectivity index (χ0) is 14.8. The second kappa shape index (κ2) is 5.79. The fourth-order valence-corrected chi connectivity index (χ4v) is 2.88. The first-order valence-electron chi connectivity index (χ1n) is 6.47. The molecule has 2 aromatic carbocycles. The highest BCUT2D eigenvalue weighted by Gasteiger charge is 2.20. The number of para-hydroxylation sites is 1. The molecule has 0 radical (unpaired) electrons. The molecule has 0 aliphatic heterocycles. The number of nitrogens with zero attached hydrogens (tertiary/aromatic N) is 2. The molecular weight excluding hydrogens is 333 g/mol. The first-order valence-corrected chi connectivity index (χ1v) is 7.26. The van der Waals surface area contributed by atoms with E-state index in [1.807, 2.05) is 30.3 Å². The minimum absolute atomic E-state index is 0.335. The van der Waals surface area contributed by atoms with E-state index in [-0.39, 0.29) is 5.82 Å². The summed E-state index contributed by atoms with van der Waals surface area (Å²) in [5, 5.41) is 4.29. The molecule has 0 bridgehead atoms. The van der Waals surface area contributed by atoms with Crippen LogP contribution >= 0.6 is 15.9 Å². The van der Waals surface area contributed by atoms with Gasteiger partial charge in [-0.2, -0.15) is 5.10 Å². The van der Waals surface area contributed by atoms with Crippen molar-refractivity contribution in [3.63, 3.8) is 0 Å². The van der Waals surface area contributed by atoms with Crippen LogP contribution in [-0.4, -0.2) is 9.78 Å². The maximum Gasteiger partial charge on any atom is 0.129 e. The van der Waals surface area contributed by atoms with Crippen LogP contribution in [0.2, 0.25) is 0 Å². The molecule has 5 heteroatoms. The smallest absolute Gasteiger partial charge is 0.129 e. The van der Waals surface area contributed by atoms with Crippen LogP contribution in [-0.2, 0) is 0 Å². The summed E-state index contributed by atoms with van der Waals surface area (Å²) in [4.78, 5) is 0. The molecule has 106 valence electrons. The molecule has 3 aromatic rings. The van der Waals surface area contributed by atoms with Gasteiger partial charge >= 0.3 is 0 Å². The van der Waals surface area contributed by atoms with Crippen molar-refractivity contribution in [2.75, 3.05) is 0 Å². The highest BCUT2D eigenvalue weighted by atomic mass is 79.9. The van der Waals surface area contributed by atoms with E-state index in [4.69, 9.17) is 5.73 Å². The Kier molecular flexibility index (Phi) is 3.86. The number of halogens is 2. The normalized spacial score (nSPS) is 12.3. The molecule has 21 heavy (non-hydrogen) atoms. The SMILES string of the molecule is NC(c1c(F)cccc1Br)c1ccnn1-c1ccccc1. The van der Waals surface area contributed by atoms with Gasteiger partial charge in [0.15, 0.2) is 0 Å². The van der Waals surface area contributed by atoms with Crippen molar-refractivity contribution in [1.29, 1.82) is 0 Å². The van der Waals surface area contributed by atoms with Crippen LogP contribution in [0, 0.1) is 5.82 Å². The monoisotopic (exact) mass is 345 g/mol. The minimum atomic E-state index is -0.608. The molecule has 1 unspecified atom stereocenters. The van der Waals surface area contributed by atoms with E-state index in [1.54, 1.807) is 29.1 Å². The zero-order valence-electron chi connectivity index (χ0n) is 11.1. The van der Waals surface area contributed by atoms with Gasteiger partial charge in [-0.05, 0) is 30.3 Å². The van der Waals surface area contributed by atoms with Crippen LogP contribution in [0.3, 0.4) is 0 Å². The number of aromatic nitrogens is 2. The third kappa shape index (κ3) is 2.62. The average Bonchev–Trinajstić information content (AvgIpc) is 2.97. The summed E-state index contributed by atoms with van der Waals surface area (Å²) >= 11 is 3.36. The largest absolute Gasteiger partial charge is 0.319 e. The fourth-order valence-electron chi connectivity index (χ4n) is 2.29. The van der Waals surface area contributed by atoms with Crippen LogP contribution in [0.1, 0.15) is 17.3 Å². The van der Waals surface area contributed by atoms with Crippen LogP contribution in [0.15, 0.2) is 65.3 Å². The number of hydrogen-bond acceptors (Lipinski definition) is 2. The van der Waals surface area contributed by atoms with E-state index < -0.39 is 6.04 Å². The summed E-state index contributed by atoms with van der Waals surface area (Å²) in [6.07, 6.45) is 1.66. The first-order chi connectivity index (χ1) is 10.2. The van der Waals surface area contributed by atoms with Crippen LogP contribution in [0.25, 0.3) is 5.69 Å². The summed E-state index contributed by atoms with van der Waals surface area (Å²) in [5.41, 5.74) is 8.31. The topological polar surface area (TPSA) is 43.8 Å². The van der Waals surface area contributed by atoms with Crippen LogP contribution in [0.5, 0.6) is 0 Å². The van der Waals surface area contributed by atoms with Gasteiger partial charge in [0, 0.05) is 16.2 Å². The van der Waals surface area contributed by atoms with Gasteiger partial charge in [0.2, 0.25) is 0 Å². The molecule has 0 saturated heterocycles. The van der Waals surface area contributed by atoms with E-state index in [9.17, 15) is 4.39 Å². The average molecular weight is 346 g/mol. The quantitative estimate of drug-likeness (QED) is 0.784. The fraction of sp³-hybridized carbons (Fsp3) is 0.0625. The molecule has 1 aromatic heterocycles. The second-order valence-corrected chi connectivity index (χ2v) is 5.47. The summed E-state index contributed by atoms with van der Waals surface area (Å²) in [5.74, 6) is -0.335. The van der Waals surface area contributed by atoms with Crippen molar-refractivity contribution >= 4 is 15.9 Å². The number of rotatable bonds is 3. The summed E-state index contributed by atoms with van der Waals surface area (Å²) in [6, 6.07) is 15.7. The molecule has 0 spiro atoms. The van der Waals surface area contributed by atoms with E-state index in [0.717, 1.165) is 11.4 Å². The summed E-state index contributed by atoms with van der Waals surface area (Å²) in [6.45, 7) is 0. The van der Waals surface area contributed by atoms with Crippen molar-refractivity contribution in [2.45, 2.75) is 6.04 Å². The Labute approximate surface area is 130 Å². The molecule has 1 heterocycles. The van der Waals surface area contributed by atoms with Crippen molar-refractivity contribution in [3.05, 3.63) is 82.3 Å². The lowest BCUT2D eigenvalue weighted by Gasteiger charge is -2.16. The zero-order valence-corrected chi connectivity index (χ0v) is 12.7. The van der Waals surface area contributed by atoms with Gasteiger partial charge in [-0.1, -0.05) is 40.2 Å². The molecule has 0 aliphatic rings. The molecule has 3 rings (SSSR count). The standard InChI is InChI=1S/C16H13BrFN3/c17-12-7-4-8-13(18)15(12)16(19)14-9-10-20-21(14)11-5-2-1-3-6-11/h1-10,16H,19H2. The van der Waals surface area contributed by atoms with Gasteiger partial charge in [0.25, 0.3) is 0 Å². The lowest BCUT2D eigenvalue weighted by Crippen LogP contribution is -2.18. The van der Waals surface area contributed by atoms with E-state index in [1.165, 1.54) is 6.07 Å². The summed E-state index contributed by atoms with van der Waals surface area (Å²) < 4.78 is 16.5. The van der Waals surface area contributed by atoms with E-state index >= 15 is 0 Å². The van der Waals surface area contributed by atoms with Crippen molar-refractivity contribution in [1.82, 2.24) is 9.78 Å². The third-order valence-corrected chi connectivity index (χ3v) is 3.99. The predicted octanol–water partition coefficient (Wildman–Crippen LogP) is 3.82. The van der Waals surface area contributed by atoms with Gasteiger partial charge in [0.1, 0.15) is 5.82 Å². The number of hydrogen-bond donors (Lipinski definition) is 1. The van der Waals surface area contributed by atoms with E-state index in [0.29, 0.717) is 10.0 Å². The molecule has 0 aliphatic carbocycles. The lowest BCUT2D eigenvalue weighted by molar-refractivity contribution is 0.591. The molecule has 3 nitrogen and oxygen atoms in total. The predicted molar refractivity (Wildman–Crippen MR) is 83.7 cm³/mol. The van der Waals surface area contributed by atoms with Gasteiger partial charge in [-0.25, -0.2) is 9.07 Å². The van der Waals surface area contributed by atoms with Crippen LogP contribution < -0.4 is 5.73 Å². The Morgan fingerprint density at radius 2 is 1.81 bits per heavy atom. The Morgan fingerprint density at radius 3 is 2.52 bits per heavy atom. The van der Waals surface area contributed by atoms with Gasteiger partial charge in [-0.15, -0.1) is 0 Å². The van der Waals surface area contributed by atoms with E-state index in [2.05, 4.69) is 21.0 Å². The van der Waals surface area contributed by atoms with Gasteiger partial charge in [-0.3, -0.25) is 0 Å². The molecule has 2 N–H and O–H groups in total. The third-order valence-electron chi connectivity index (χ3n) is 3.30. The minimum Gasteiger partial charge on any atom is -0.319 e. The Bertz CT molecular complexity index is 735. The maximum atomic E-state index is 14.1. The molecular formula is C16H13BrFN3. The highest BCUT2D eigenvalue weighted by molar-refractivity contribution is 9.10. The Morgan fingerprint density at radius 1 is 1.05 bits per heavy atom. The number of benzene rings is 2. The molecule has 1 atom stereocenters. The van der Waals surface area contributed by atoms with Gasteiger partial charge in [0.05, 0.1) is 17.4 Å². The lowest BCUT2D eigenvalue weighted by atomic mass is 10.0. The Balaban J connectivity index is 2.08. The highest BCUT2D eigenvalue weighted by Crippen LogP contribution is 2.30. The summed E-state index contributed by atoms with van der Waals surface area (Å²) in [7, 11) is 0. The van der Waals surface area contributed by atoms with Crippen molar-refractivity contribution < 1.29 is 4.39 Å². The molecule has 0 saturated carbocycles. The number of nitrogens with two attached hydrogens (primary N) is 1. The van der Waals surface area contributed by atoms with Crippen molar-refractivity contribution in [3.8, 4) is 5.69 Å². The Hall–Kier alpha value is -1.98. The molecule has 0 amide bonds. The van der Waals surface area contributed by atoms with Gasteiger partial charge < -0.3 is 5.73 Å². The second-order valence-electron chi connectivity index (χ2n) is 4.62. The molecule has 0 fully saturated rings. The van der Waals surface area contributed by atoms with Crippen LogP contribution in [0.4, 0.5) is 4.39 Å².